The van der Waals surface area contributed by atoms with E-state index in [9.17, 15) is 0 Å². The fourth-order valence-corrected chi connectivity index (χ4v) is 9.91. The van der Waals surface area contributed by atoms with Crippen molar-refractivity contribution in [2.45, 2.75) is 19.3 Å². The molecule has 0 N–H and O–H groups in total. The number of nitrogens with zero attached hydrogens (tertiary/aromatic N) is 4. The lowest BCUT2D eigenvalue weighted by Crippen LogP contribution is -2.25. The summed E-state index contributed by atoms with van der Waals surface area (Å²) in [6, 6.07) is 89.4. The average molecular weight is 913 g/mol. The monoisotopic (exact) mass is 912 g/mol. The molecule has 11 aromatic rings. The minimum atomic E-state index is -0.380. The Morgan fingerprint density at radius 1 is 0.296 bits per heavy atom. The van der Waals surface area contributed by atoms with E-state index >= 15 is 0 Å². The van der Waals surface area contributed by atoms with Crippen LogP contribution in [0.2, 0.25) is 0 Å². The first-order valence-corrected chi connectivity index (χ1v) is 24.1. The van der Waals surface area contributed by atoms with Gasteiger partial charge in [-0.15, -0.1) is 0 Å². The number of ether oxygens (including phenoxy) is 1. The van der Waals surface area contributed by atoms with Crippen molar-refractivity contribution in [2.75, 3.05) is 4.90 Å². The third-order valence-corrected chi connectivity index (χ3v) is 13.6. The fourth-order valence-electron chi connectivity index (χ4n) is 9.91. The molecule has 0 fully saturated rings. The minimum Gasteiger partial charge on any atom is -0.455 e. The summed E-state index contributed by atoms with van der Waals surface area (Å²) in [4.78, 5) is 17.4. The van der Waals surface area contributed by atoms with Crippen molar-refractivity contribution < 1.29 is 4.74 Å². The number of rotatable bonds is 10. The molecule has 0 saturated carbocycles. The van der Waals surface area contributed by atoms with Gasteiger partial charge >= 0.3 is 0 Å². The van der Waals surface area contributed by atoms with Crippen molar-refractivity contribution in [1.82, 2.24) is 15.0 Å². The molecule has 0 amide bonds. The first-order chi connectivity index (χ1) is 34.9. The first kappa shape index (κ1) is 43.1. The molecule has 0 spiro atoms. The number of hydrogen-bond acceptors (Lipinski definition) is 5. The lowest BCUT2D eigenvalue weighted by Gasteiger charge is -2.36. The topological polar surface area (TPSA) is 51.1 Å². The Labute approximate surface area is 415 Å². The Balaban J connectivity index is 0.952. The maximum absolute atomic E-state index is 7.33. The SMILES string of the molecule is CC1(C)c2cccc(-c3cccc(-c4nc(-c5ccccc5)nc(-c5ccccc5)n4)c3)c2Oc2c(-c3cccc(N(c4cccc(-c5ccccc5)c4)c4cccc(-c5ccccc5)c4)c3)cccc21. The minimum absolute atomic E-state index is 0.380. The van der Waals surface area contributed by atoms with E-state index in [4.69, 9.17) is 19.7 Å². The van der Waals surface area contributed by atoms with Crippen LogP contribution < -0.4 is 9.64 Å². The quantitative estimate of drug-likeness (QED) is 0.137. The van der Waals surface area contributed by atoms with Gasteiger partial charge in [-0.25, -0.2) is 15.0 Å². The lowest BCUT2D eigenvalue weighted by atomic mass is 9.74. The largest absolute Gasteiger partial charge is 0.455 e. The highest BCUT2D eigenvalue weighted by Gasteiger charge is 2.37. The van der Waals surface area contributed by atoms with Gasteiger partial charge in [0.2, 0.25) is 0 Å². The Morgan fingerprint density at radius 3 is 1.07 bits per heavy atom. The molecule has 12 rings (SSSR count). The second-order valence-corrected chi connectivity index (χ2v) is 18.4. The summed E-state index contributed by atoms with van der Waals surface area (Å²) < 4.78 is 7.33. The van der Waals surface area contributed by atoms with Crippen LogP contribution in [0.3, 0.4) is 0 Å². The second-order valence-electron chi connectivity index (χ2n) is 18.4. The van der Waals surface area contributed by atoms with Crippen LogP contribution in [0.15, 0.2) is 255 Å². The van der Waals surface area contributed by atoms with E-state index in [0.29, 0.717) is 17.5 Å². The molecular weight excluding hydrogens is 865 g/mol. The van der Waals surface area contributed by atoms with Gasteiger partial charge in [0.05, 0.1) is 0 Å². The summed E-state index contributed by atoms with van der Waals surface area (Å²) in [6.45, 7) is 4.60. The molecule has 0 atom stereocenters. The van der Waals surface area contributed by atoms with Gasteiger partial charge in [0.1, 0.15) is 11.5 Å². The molecule has 0 bridgehead atoms. The van der Waals surface area contributed by atoms with Crippen molar-refractivity contribution in [3.63, 3.8) is 0 Å². The molecule has 1 aromatic heterocycles. The smallest absolute Gasteiger partial charge is 0.164 e. The summed E-state index contributed by atoms with van der Waals surface area (Å²) in [6.07, 6.45) is 0. The van der Waals surface area contributed by atoms with Gasteiger partial charge in [-0.1, -0.05) is 226 Å². The van der Waals surface area contributed by atoms with Gasteiger partial charge in [0, 0.05) is 61.4 Å². The molecule has 338 valence electrons. The van der Waals surface area contributed by atoms with E-state index in [1.807, 2.05) is 60.7 Å². The molecule has 0 aliphatic carbocycles. The van der Waals surface area contributed by atoms with Crippen LogP contribution >= 0.6 is 0 Å². The Morgan fingerprint density at radius 2 is 0.620 bits per heavy atom. The maximum Gasteiger partial charge on any atom is 0.164 e. The number of hydrogen-bond donors (Lipinski definition) is 0. The van der Waals surface area contributed by atoms with E-state index < -0.39 is 0 Å². The van der Waals surface area contributed by atoms with Gasteiger partial charge < -0.3 is 9.64 Å². The van der Waals surface area contributed by atoms with Gasteiger partial charge in [0.25, 0.3) is 0 Å². The van der Waals surface area contributed by atoms with Crippen LogP contribution in [-0.4, -0.2) is 15.0 Å². The van der Waals surface area contributed by atoms with E-state index in [1.54, 1.807) is 0 Å². The van der Waals surface area contributed by atoms with Crippen molar-refractivity contribution in [3.05, 3.63) is 266 Å². The molecule has 10 aromatic carbocycles. The summed E-state index contributed by atoms with van der Waals surface area (Å²) in [5.41, 5.74) is 16.5. The van der Waals surface area contributed by atoms with Crippen LogP contribution in [0.1, 0.15) is 25.0 Å². The van der Waals surface area contributed by atoms with Crippen molar-refractivity contribution in [1.29, 1.82) is 0 Å². The molecule has 5 nitrogen and oxygen atoms in total. The van der Waals surface area contributed by atoms with E-state index in [2.05, 4.69) is 213 Å². The number of aromatic nitrogens is 3. The predicted molar refractivity (Wildman–Crippen MR) is 291 cm³/mol. The fraction of sp³-hybridized carbons (Fsp3) is 0.0455. The van der Waals surface area contributed by atoms with Crippen LogP contribution in [0.25, 0.3) is 78.7 Å². The molecule has 2 heterocycles. The van der Waals surface area contributed by atoms with Gasteiger partial charge in [0.15, 0.2) is 17.5 Å². The normalized spacial score (nSPS) is 12.3. The number of benzene rings is 10. The highest BCUT2D eigenvalue weighted by Crippen LogP contribution is 2.54. The van der Waals surface area contributed by atoms with Crippen molar-refractivity contribution >= 4 is 17.1 Å². The van der Waals surface area contributed by atoms with Crippen molar-refractivity contribution in [3.8, 4) is 90.2 Å². The second kappa shape index (κ2) is 18.4. The first-order valence-electron chi connectivity index (χ1n) is 24.1. The van der Waals surface area contributed by atoms with Gasteiger partial charge in [-0.05, 0) is 75.8 Å². The summed E-state index contributed by atoms with van der Waals surface area (Å²) in [5, 5.41) is 0. The molecule has 1 aliphatic rings. The third kappa shape index (κ3) is 8.34. The predicted octanol–water partition coefficient (Wildman–Crippen LogP) is 17.4. The van der Waals surface area contributed by atoms with Gasteiger partial charge in [-0.2, -0.15) is 0 Å². The number of anilines is 3. The molecule has 0 saturated heterocycles. The van der Waals surface area contributed by atoms with E-state index in [0.717, 1.165) is 89.8 Å². The Kier molecular flexibility index (Phi) is 11.2. The van der Waals surface area contributed by atoms with Crippen LogP contribution in [0.4, 0.5) is 17.1 Å². The third-order valence-electron chi connectivity index (χ3n) is 13.6. The molecule has 0 radical (unpaired) electrons. The lowest BCUT2D eigenvalue weighted by molar-refractivity contribution is 0.421. The standard InChI is InChI=1S/C66H48N4O/c1-66(2)59-39-19-37-57(51-31-15-33-53(41-51)65-68-63(47-25-11-5-12-26-47)67-64(69-65)48-27-13-6-14-28-48)61(59)71-62-58(38-20-40-60(62)66)52-32-18-36-56(44-52)70(54-34-16-29-49(42-54)45-21-7-3-8-22-45)55-35-17-30-50(43-55)46-23-9-4-10-24-46/h3-44H,1-2H3. The zero-order chi connectivity index (χ0) is 47.7. The van der Waals surface area contributed by atoms with E-state index in [1.165, 1.54) is 11.1 Å². The average Bonchev–Trinajstić information content (AvgIpc) is 3.44. The molecular formula is C66H48N4O. The zero-order valence-electron chi connectivity index (χ0n) is 39.4. The summed E-state index contributed by atoms with van der Waals surface area (Å²) in [5.74, 6) is 3.55. The Bertz CT molecular complexity index is 3560. The molecule has 0 unspecified atom stereocenters. The maximum atomic E-state index is 7.33. The number of fused-ring (bicyclic) bond motifs is 2. The van der Waals surface area contributed by atoms with E-state index in [-0.39, 0.29) is 5.41 Å². The molecule has 1 aliphatic heterocycles. The van der Waals surface area contributed by atoms with Crippen molar-refractivity contribution in [2.24, 2.45) is 0 Å². The van der Waals surface area contributed by atoms with Gasteiger partial charge in [-0.3, -0.25) is 0 Å². The summed E-state index contributed by atoms with van der Waals surface area (Å²) >= 11 is 0. The Hall–Kier alpha value is -9.19. The number of para-hydroxylation sites is 2. The van der Waals surface area contributed by atoms with Crippen LogP contribution in [-0.2, 0) is 5.41 Å². The van der Waals surface area contributed by atoms with Crippen LogP contribution in [0.5, 0.6) is 11.5 Å². The highest BCUT2D eigenvalue weighted by atomic mass is 16.5. The summed E-state index contributed by atoms with van der Waals surface area (Å²) in [7, 11) is 0. The molecule has 71 heavy (non-hydrogen) atoms. The molecule has 5 heteroatoms. The highest BCUT2D eigenvalue weighted by molar-refractivity contribution is 5.87. The van der Waals surface area contributed by atoms with Crippen LogP contribution in [0, 0.1) is 0 Å². The zero-order valence-corrected chi connectivity index (χ0v) is 39.4.